The van der Waals surface area contributed by atoms with E-state index in [0.717, 1.165) is 10.7 Å². The highest BCUT2D eigenvalue weighted by Crippen LogP contribution is 2.27. The minimum Gasteiger partial charge on any atom is -0.241 e. The fraction of sp³-hybridized carbons (Fsp3) is 0.250. The van der Waals surface area contributed by atoms with E-state index in [1.807, 2.05) is 11.4 Å². The van der Waals surface area contributed by atoms with Gasteiger partial charge in [0.1, 0.15) is 5.82 Å². The normalized spacial score (nSPS) is 10.9. The van der Waals surface area contributed by atoms with Crippen molar-refractivity contribution in [3.8, 4) is 11.3 Å². The zero-order valence-electron chi connectivity index (χ0n) is 8.70. The minimum atomic E-state index is -0.210. The van der Waals surface area contributed by atoms with E-state index in [1.165, 1.54) is 6.07 Å². The van der Waals surface area contributed by atoms with Gasteiger partial charge in [-0.3, -0.25) is 0 Å². The Morgan fingerprint density at radius 1 is 1.27 bits per heavy atom. The van der Waals surface area contributed by atoms with Crippen molar-refractivity contribution in [3.05, 3.63) is 40.5 Å². The van der Waals surface area contributed by atoms with Crippen LogP contribution in [0.15, 0.2) is 29.6 Å². The van der Waals surface area contributed by atoms with E-state index < -0.39 is 0 Å². The van der Waals surface area contributed by atoms with Crippen LogP contribution in [-0.4, -0.2) is 4.98 Å². The van der Waals surface area contributed by atoms with E-state index in [1.54, 1.807) is 23.5 Å². The summed E-state index contributed by atoms with van der Waals surface area (Å²) in [6.07, 6.45) is 0. The second kappa shape index (κ2) is 4.11. The zero-order valence-corrected chi connectivity index (χ0v) is 9.51. The van der Waals surface area contributed by atoms with E-state index in [4.69, 9.17) is 0 Å². The Bertz CT molecular complexity index is 462. The first-order chi connectivity index (χ1) is 7.18. The van der Waals surface area contributed by atoms with Crippen LogP contribution < -0.4 is 0 Å². The summed E-state index contributed by atoms with van der Waals surface area (Å²) in [5.41, 5.74) is 1.32. The first-order valence-corrected chi connectivity index (χ1v) is 5.77. The van der Waals surface area contributed by atoms with Crippen molar-refractivity contribution in [1.82, 2.24) is 4.98 Å². The van der Waals surface area contributed by atoms with Crippen LogP contribution in [0, 0.1) is 5.82 Å². The predicted molar refractivity (Wildman–Crippen MR) is 61.6 cm³/mol. The molecule has 0 radical (unpaired) electrons. The maximum atomic E-state index is 13.5. The van der Waals surface area contributed by atoms with Gasteiger partial charge in [0.05, 0.1) is 10.7 Å². The summed E-state index contributed by atoms with van der Waals surface area (Å²) in [7, 11) is 0. The maximum absolute atomic E-state index is 13.5. The number of benzene rings is 1. The molecule has 15 heavy (non-hydrogen) atoms. The maximum Gasteiger partial charge on any atom is 0.132 e. The Morgan fingerprint density at radius 2 is 2.00 bits per heavy atom. The van der Waals surface area contributed by atoms with Gasteiger partial charge >= 0.3 is 0 Å². The fourth-order valence-electron chi connectivity index (χ4n) is 1.35. The smallest absolute Gasteiger partial charge is 0.132 e. The summed E-state index contributed by atoms with van der Waals surface area (Å²) in [6.45, 7) is 4.17. The average molecular weight is 221 g/mol. The monoisotopic (exact) mass is 221 g/mol. The summed E-state index contributed by atoms with van der Waals surface area (Å²) in [5, 5.41) is 2.96. The molecule has 78 valence electrons. The van der Waals surface area contributed by atoms with Crippen LogP contribution in [0.4, 0.5) is 4.39 Å². The number of hydrogen-bond acceptors (Lipinski definition) is 2. The lowest BCUT2D eigenvalue weighted by atomic mass is 10.1. The fourth-order valence-corrected chi connectivity index (χ4v) is 2.18. The van der Waals surface area contributed by atoms with Gasteiger partial charge in [-0.25, -0.2) is 9.37 Å². The van der Waals surface area contributed by atoms with Crippen molar-refractivity contribution >= 4 is 11.3 Å². The zero-order chi connectivity index (χ0) is 10.8. The predicted octanol–water partition coefficient (Wildman–Crippen LogP) is 4.07. The quantitative estimate of drug-likeness (QED) is 0.744. The minimum absolute atomic E-state index is 0.210. The van der Waals surface area contributed by atoms with Crippen molar-refractivity contribution in [2.45, 2.75) is 19.8 Å². The number of aromatic nitrogens is 1. The van der Waals surface area contributed by atoms with Gasteiger partial charge in [-0.05, 0) is 12.1 Å². The second-order valence-electron chi connectivity index (χ2n) is 3.71. The highest BCUT2D eigenvalue weighted by atomic mass is 32.1. The molecule has 0 atom stereocenters. The van der Waals surface area contributed by atoms with Crippen LogP contribution in [0.2, 0.25) is 0 Å². The molecule has 0 saturated carbocycles. The number of thiazole rings is 1. The Hall–Kier alpha value is -1.22. The molecule has 0 unspecified atom stereocenters. The molecule has 0 fully saturated rings. The topological polar surface area (TPSA) is 12.9 Å². The van der Waals surface area contributed by atoms with E-state index in [2.05, 4.69) is 18.8 Å². The van der Waals surface area contributed by atoms with Crippen LogP contribution in [-0.2, 0) is 0 Å². The molecule has 0 N–H and O–H groups in total. The van der Waals surface area contributed by atoms with E-state index in [-0.39, 0.29) is 5.82 Å². The van der Waals surface area contributed by atoms with Gasteiger partial charge in [0.2, 0.25) is 0 Å². The van der Waals surface area contributed by atoms with Gasteiger partial charge in [0, 0.05) is 16.9 Å². The lowest BCUT2D eigenvalue weighted by Crippen LogP contribution is -1.87. The number of nitrogens with zero attached hydrogens (tertiary/aromatic N) is 1. The molecule has 2 aromatic rings. The standard InChI is InChI=1S/C12H12FNS/c1-8(2)12-14-11(7-15-12)9-5-3-4-6-10(9)13/h3-8H,1-2H3. The third-order valence-corrected chi connectivity index (χ3v) is 3.31. The summed E-state index contributed by atoms with van der Waals surface area (Å²) in [5.74, 6) is 0.189. The molecular formula is C12H12FNS. The Labute approximate surface area is 92.6 Å². The highest BCUT2D eigenvalue weighted by molar-refractivity contribution is 7.10. The van der Waals surface area contributed by atoms with Crippen molar-refractivity contribution in [1.29, 1.82) is 0 Å². The van der Waals surface area contributed by atoms with E-state index in [9.17, 15) is 4.39 Å². The van der Waals surface area contributed by atoms with Crippen LogP contribution in [0.1, 0.15) is 24.8 Å². The summed E-state index contributed by atoms with van der Waals surface area (Å²) < 4.78 is 13.5. The van der Waals surface area contributed by atoms with Gasteiger partial charge in [0.15, 0.2) is 0 Å². The molecule has 0 spiro atoms. The lowest BCUT2D eigenvalue weighted by Gasteiger charge is -1.99. The van der Waals surface area contributed by atoms with Crippen LogP contribution in [0.5, 0.6) is 0 Å². The summed E-state index contributed by atoms with van der Waals surface area (Å²) in [4.78, 5) is 4.42. The molecule has 3 heteroatoms. The van der Waals surface area contributed by atoms with Gasteiger partial charge in [-0.15, -0.1) is 11.3 Å². The average Bonchev–Trinajstić information content (AvgIpc) is 2.67. The first-order valence-electron chi connectivity index (χ1n) is 4.89. The molecule has 0 saturated heterocycles. The van der Waals surface area contributed by atoms with Crippen LogP contribution >= 0.6 is 11.3 Å². The Morgan fingerprint density at radius 3 is 2.60 bits per heavy atom. The third-order valence-electron chi connectivity index (χ3n) is 2.17. The van der Waals surface area contributed by atoms with Gasteiger partial charge in [-0.2, -0.15) is 0 Å². The van der Waals surface area contributed by atoms with Crippen molar-refractivity contribution in [3.63, 3.8) is 0 Å². The van der Waals surface area contributed by atoms with Crippen molar-refractivity contribution < 1.29 is 4.39 Å². The van der Waals surface area contributed by atoms with Crippen molar-refractivity contribution in [2.24, 2.45) is 0 Å². The number of halogens is 1. The van der Waals surface area contributed by atoms with Gasteiger partial charge < -0.3 is 0 Å². The molecule has 0 aliphatic heterocycles. The SMILES string of the molecule is CC(C)c1nc(-c2ccccc2F)cs1. The number of rotatable bonds is 2. The molecule has 1 heterocycles. The summed E-state index contributed by atoms with van der Waals surface area (Å²) >= 11 is 1.58. The lowest BCUT2D eigenvalue weighted by molar-refractivity contribution is 0.630. The van der Waals surface area contributed by atoms with E-state index >= 15 is 0 Å². The Kier molecular flexibility index (Phi) is 2.82. The van der Waals surface area contributed by atoms with Crippen LogP contribution in [0.3, 0.4) is 0 Å². The largest absolute Gasteiger partial charge is 0.241 e. The molecule has 0 bridgehead atoms. The molecule has 1 nitrogen and oxygen atoms in total. The highest BCUT2D eigenvalue weighted by Gasteiger charge is 2.10. The van der Waals surface area contributed by atoms with Gasteiger partial charge in [0.25, 0.3) is 0 Å². The van der Waals surface area contributed by atoms with Crippen LogP contribution in [0.25, 0.3) is 11.3 Å². The molecule has 1 aromatic heterocycles. The Balaban J connectivity index is 2.42. The second-order valence-corrected chi connectivity index (χ2v) is 4.60. The first kappa shape index (κ1) is 10.3. The molecule has 0 amide bonds. The molecule has 0 aliphatic carbocycles. The third kappa shape index (κ3) is 2.07. The molecule has 1 aromatic carbocycles. The molecular weight excluding hydrogens is 209 g/mol. The molecule has 2 rings (SSSR count). The van der Waals surface area contributed by atoms with Gasteiger partial charge in [-0.1, -0.05) is 26.0 Å². The van der Waals surface area contributed by atoms with E-state index in [0.29, 0.717) is 11.5 Å². The summed E-state index contributed by atoms with van der Waals surface area (Å²) in [6, 6.07) is 6.74. The number of hydrogen-bond donors (Lipinski definition) is 0. The van der Waals surface area contributed by atoms with Crippen molar-refractivity contribution in [2.75, 3.05) is 0 Å². The molecule has 0 aliphatic rings.